The number of carbonyl (C=O) groups is 2. The molecule has 2 amide bonds. The minimum atomic E-state index is -3.48. The molecule has 32 heavy (non-hydrogen) atoms. The van der Waals surface area contributed by atoms with E-state index in [2.05, 4.69) is 10.2 Å². The minimum absolute atomic E-state index is 0.0292. The topological polar surface area (TPSA) is 99.3 Å². The zero-order chi connectivity index (χ0) is 23.1. The lowest BCUT2D eigenvalue weighted by Gasteiger charge is -2.35. The Morgan fingerprint density at radius 3 is 2.47 bits per heavy atom. The predicted molar refractivity (Wildman–Crippen MR) is 124 cm³/mol. The second kappa shape index (κ2) is 11.1. The summed E-state index contributed by atoms with van der Waals surface area (Å²) in [4.78, 5) is 29.1. The fourth-order valence-electron chi connectivity index (χ4n) is 4.19. The SMILES string of the molecule is CCCS(=O)(=O)N1CCCCC1C(=O)N(C)CC(=O)Nc1ccc(N2CCOCC2)cc1. The monoisotopic (exact) mass is 466 g/mol. The Morgan fingerprint density at radius 2 is 1.81 bits per heavy atom. The number of carbonyl (C=O) groups excluding carboxylic acids is 2. The summed E-state index contributed by atoms with van der Waals surface area (Å²) in [6.45, 7) is 5.11. The van der Waals surface area contributed by atoms with E-state index in [4.69, 9.17) is 4.74 Å². The van der Waals surface area contributed by atoms with Crippen molar-refractivity contribution in [3.05, 3.63) is 24.3 Å². The smallest absolute Gasteiger partial charge is 0.243 e. The van der Waals surface area contributed by atoms with Gasteiger partial charge < -0.3 is 19.9 Å². The zero-order valence-electron chi connectivity index (χ0n) is 19.0. The number of nitrogens with one attached hydrogen (secondary N) is 1. The summed E-state index contributed by atoms with van der Waals surface area (Å²) in [7, 11) is -1.93. The van der Waals surface area contributed by atoms with E-state index in [0.29, 0.717) is 38.3 Å². The molecule has 9 nitrogen and oxygen atoms in total. The summed E-state index contributed by atoms with van der Waals surface area (Å²) >= 11 is 0. The van der Waals surface area contributed by atoms with Gasteiger partial charge in [-0.25, -0.2) is 8.42 Å². The van der Waals surface area contributed by atoms with Gasteiger partial charge in [0.05, 0.1) is 25.5 Å². The lowest BCUT2D eigenvalue weighted by atomic mass is 10.0. The van der Waals surface area contributed by atoms with Gasteiger partial charge in [0, 0.05) is 38.1 Å². The third kappa shape index (κ3) is 6.20. The number of piperidine rings is 1. The van der Waals surface area contributed by atoms with Crippen molar-refractivity contribution in [2.75, 3.05) is 62.4 Å². The average Bonchev–Trinajstić information content (AvgIpc) is 2.79. The van der Waals surface area contributed by atoms with E-state index in [0.717, 1.165) is 31.6 Å². The third-order valence-corrected chi connectivity index (χ3v) is 7.92. The van der Waals surface area contributed by atoms with Crippen molar-refractivity contribution in [1.82, 2.24) is 9.21 Å². The highest BCUT2D eigenvalue weighted by Crippen LogP contribution is 2.23. The van der Waals surface area contributed by atoms with Crippen molar-refractivity contribution in [2.45, 2.75) is 38.6 Å². The summed E-state index contributed by atoms with van der Waals surface area (Å²) in [6.07, 6.45) is 2.53. The lowest BCUT2D eigenvalue weighted by Crippen LogP contribution is -2.53. The number of nitrogens with zero attached hydrogens (tertiary/aromatic N) is 3. The van der Waals surface area contributed by atoms with Crippen LogP contribution in [0.5, 0.6) is 0 Å². The molecule has 2 heterocycles. The fraction of sp³-hybridized carbons (Fsp3) is 0.636. The third-order valence-electron chi connectivity index (χ3n) is 5.84. The van der Waals surface area contributed by atoms with Crippen molar-refractivity contribution in [2.24, 2.45) is 0 Å². The van der Waals surface area contributed by atoms with E-state index in [9.17, 15) is 18.0 Å². The number of benzene rings is 1. The van der Waals surface area contributed by atoms with Crippen LogP contribution in [0.15, 0.2) is 24.3 Å². The zero-order valence-corrected chi connectivity index (χ0v) is 19.8. The molecule has 0 radical (unpaired) electrons. The first kappa shape index (κ1) is 24.5. The molecule has 1 unspecified atom stereocenters. The largest absolute Gasteiger partial charge is 0.378 e. The molecule has 0 aromatic heterocycles. The maximum absolute atomic E-state index is 13.0. The number of hydrogen-bond acceptors (Lipinski definition) is 6. The molecule has 1 atom stereocenters. The van der Waals surface area contributed by atoms with E-state index in [-0.39, 0.29) is 24.1 Å². The molecule has 3 rings (SSSR count). The molecule has 0 bridgehead atoms. The summed E-state index contributed by atoms with van der Waals surface area (Å²) < 4.78 is 31.9. The van der Waals surface area contributed by atoms with Crippen LogP contribution in [-0.4, -0.2) is 87.7 Å². The maximum atomic E-state index is 13.0. The van der Waals surface area contributed by atoms with E-state index in [1.54, 1.807) is 7.05 Å². The molecule has 2 aliphatic heterocycles. The number of likely N-dealkylation sites (N-methyl/N-ethyl adjacent to an activating group) is 1. The van der Waals surface area contributed by atoms with Crippen LogP contribution in [0.2, 0.25) is 0 Å². The minimum Gasteiger partial charge on any atom is -0.378 e. The van der Waals surface area contributed by atoms with Gasteiger partial charge in [0.2, 0.25) is 21.8 Å². The Balaban J connectivity index is 1.56. The molecule has 0 saturated carbocycles. The van der Waals surface area contributed by atoms with Gasteiger partial charge in [0.25, 0.3) is 0 Å². The Morgan fingerprint density at radius 1 is 1.12 bits per heavy atom. The van der Waals surface area contributed by atoms with Crippen LogP contribution in [-0.2, 0) is 24.3 Å². The Kier molecular flexibility index (Phi) is 8.50. The van der Waals surface area contributed by atoms with Gasteiger partial charge in [-0.2, -0.15) is 4.31 Å². The van der Waals surface area contributed by atoms with Gasteiger partial charge in [-0.3, -0.25) is 9.59 Å². The molecule has 1 aromatic rings. The maximum Gasteiger partial charge on any atom is 0.243 e. The highest BCUT2D eigenvalue weighted by Gasteiger charge is 2.37. The van der Waals surface area contributed by atoms with Crippen LogP contribution in [0.3, 0.4) is 0 Å². The second-order valence-electron chi connectivity index (χ2n) is 8.33. The van der Waals surface area contributed by atoms with Crippen LogP contribution < -0.4 is 10.2 Å². The van der Waals surface area contributed by atoms with Gasteiger partial charge in [0.1, 0.15) is 6.04 Å². The molecule has 2 saturated heterocycles. The first-order valence-electron chi connectivity index (χ1n) is 11.3. The normalized spacial score (nSPS) is 20.1. The Hall–Kier alpha value is -2.17. The number of morpholine rings is 1. The van der Waals surface area contributed by atoms with Crippen LogP contribution in [0.1, 0.15) is 32.6 Å². The van der Waals surface area contributed by atoms with Crippen molar-refractivity contribution >= 4 is 33.2 Å². The molecule has 0 aliphatic carbocycles. The molecule has 2 fully saturated rings. The highest BCUT2D eigenvalue weighted by molar-refractivity contribution is 7.89. The van der Waals surface area contributed by atoms with Crippen molar-refractivity contribution in [3.8, 4) is 0 Å². The first-order chi connectivity index (χ1) is 15.3. The molecule has 2 aliphatic rings. The predicted octanol–water partition coefficient (Wildman–Crippen LogP) is 1.51. The van der Waals surface area contributed by atoms with Crippen LogP contribution in [0, 0.1) is 0 Å². The standard InChI is InChI=1S/C22H34N4O5S/c1-3-16-32(29,30)26-11-5-4-6-20(26)22(28)24(2)17-21(27)23-18-7-9-19(10-8-18)25-12-14-31-15-13-25/h7-10,20H,3-6,11-17H2,1-2H3,(H,23,27). The molecule has 178 valence electrons. The van der Waals surface area contributed by atoms with E-state index >= 15 is 0 Å². The second-order valence-corrected chi connectivity index (χ2v) is 10.4. The van der Waals surface area contributed by atoms with Gasteiger partial charge >= 0.3 is 0 Å². The van der Waals surface area contributed by atoms with Crippen molar-refractivity contribution < 1.29 is 22.7 Å². The van der Waals surface area contributed by atoms with Gasteiger partial charge in [-0.1, -0.05) is 13.3 Å². The number of amides is 2. The van der Waals surface area contributed by atoms with E-state index in [1.165, 1.54) is 9.21 Å². The summed E-state index contributed by atoms with van der Waals surface area (Å²) in [5, 5.41) is 2.81. The molecule has 1 N–H and O–H groups in total. The number of anilines is 2. The average molecular weight is 467 g/mol. The Bertz CT molecular complexity index is 884. The van der Waals surface area contributed by atoms with E-state index in [1.807, 2.05) is 31.2 Å². The lowest BCUT2D eigenvalue weighted by molar-refractivity contribution is -0.137. The first-order valence-corrected chi connectivity index (χ1v) is 12.9. The highest BCUT2D eigenvalue weighted by atomic mass is 32.2. The number of hydrogen-bond donors (Lipinski definition) is 1. The Labute approximate surface area is 190 Å². The molecular weight excluding hydrogens is 432 g/mol. The summed E-state index contributed by atoms with van der Waals surface area (Å²) in [5.74, 6) is -0.623. The van der Waals surface area contributed by atoms with Crippen LogP contribution in [0.4, 0.5) is 11.4 Å². The van der Waals surface area contributed by atoms with Crippen LogP contribution >= 0.6 is 0 Å². The molecule has 10 heteroatoms. The van der Waals surface area contributed by atoms with Gasteiger partial charge in [0.15, 0.2) is 0 Å². The summed E-state index contributed by atoms with van der Waals surface area (Å²) in [5.41, 5.74) is 1.72. The van der Waals surface area contributed by atoms with Crippen LogP contribution in [0.25, 0.3) is 0 Å². The van der Waals surface area contributed by atoms with Gasteiger partial charge in [-0.15, -0.1) is 0 Å². The number of ether oxygens (including phenoxy) is 1. The van der Waals surface area contributed by atoms with Crippen molar-refractivity contribution in [3.63, 3.8) is 0 Å². The number of rotatable bonds is 8. The fourth-order valence-corrected chi connectivity index (χ4v) is 5.93. The van der Waals surface area contributed by atoms with Crippen molar-refractivity contribution in [1.29, 1.82) is 0 Å². The van der Waals surface area contributed by atoms with E-state index < -0.39 is 16.1 Å². The molecular formula is C22H34N4O5S. The molecule has 1 aromatic carbocycles. The molecule has 0 spiro atoms. The van der Waals surface area contributed by atoms with Gasteiger partial charge in [-0.05, 0) is 43.5 Å². The quantitative estimate of drug-likeness (QED) is 0.624. The number of sulfonamides is 1. The summed E-state index contributed by atoms with van der Waals surface area (Å²) in [6, 6.07) is 6.85.